The van der Waals surface area contributed by atoms with Crippen molar-refractivity contribution in [3.05, 3.63) is 52.8 Å². The van der Waals surface area contributed by atoms with Crippen molar-refractivity contribution in [2.24, 2.45) is 0 Å². The molecule has 3 rings (SSSR count). The molecule has 0 spiro atoms. The van der Waals surface area contributed by atoms with Gasteiger partial charge in [-0.25, -0.2) is 4.79 Å². The number of hydrogen-bond donors (Lipinski definition) is 2. The van der Waals surface area contributed by atoms with Gasteiger partial charge in [-0.05, 0) is 43.7 Å². The highest BCUT2D eigenvalue weighted by Gasteiger charge is 2.17. The average Bonchev–Trinajstić information content (AvgIpc) is 3.14. The smallest absolute Gasteiger partial charge is 0.328 e. The van der Waals surface area contributed by atoms with Crippen molar-refractivity contribution in [1.82, 2.24) is 25.1 Å². The van der Waals surface area contributed by atoms with Crippen LogP contribution in [0.15, 0.2) is 36.4 Å². The molecule has 0 fully saturated rings. The number of fused-ring (bicyclic) bond motifs is 1. The van der Waals surface area contributed by atoms with Crippen LogP contribution in [-0.2, 0) is 27.3 Å². The lowest BCUT2D eigenvalue weighted by atomic mass is 10.2. The summed E-state index contributed by atoms with van der Waals surface area (Å²) in [5.74, 6) is 0.471. The largest absolute Gasteiger partial charge is 0.464 e. The first-order valence-electron chi connectivity index (χ1n) is 9.62. The maximum Gasteiger partial charge on any atom is 0.328 e. The second kappa shape index (κ2) is 10.0. The van der Waals surface area contributed by atoms with Crippen molar-refractivity contribution in [2.45, 2.75) is 39.3 Å². The number of aromatic nitrogens is 4. The van der Waals surface area contributed by atoms with Gasteiger partial charge in [0.1, 0.15) is 11.9 Å². The van der Waals surface area contributed by atoms with E-state index in [1.807, 2.05) is 30.3 Å². The predicted octanol–water partition coefficient (Wildman–Crippen LogP) is 2.39. The third-order valence-electron chi connectivity index (χ3n) is 4.31. The molecule has 0 aliphatic rings. The molecule has 0 saturated carbocycles. The van der Waals surface area contributed by atoms with Gasteiger partial charge >= 0.3 is 5.97 Å². The molecular formula is C20H23ClN6O3. The second-order valence-electron chi connectivity index (χ2n) is 6.63. The molecule has 2 aromatic heterocycles. The Balaban J connectivity index is 1.59. The van der Waals surface area contributed by atoms with E-state index in [4.69, 9.17) is 16.3 Å². The minimum absolute atomic E-state index is 0.147. The van der Waals surface area contributed by atoms with E-state index in [1.54, 1.807) is 24.4 Å². The van der Waals surface area contributed by atoms with E-state index in [2.05, 4.69) is 25.9 Å². The Kier molecular flexibility index (Phi) is 7.18. The zero-order valence-corrected chi connectivity index (χ0v) is 17.5. The van der Waals surface area contributed by atoms with Gasteiger partial charge in [0.15, 0.2) is 11.5 Å². The molecule has 0 radical (unpaired) electrons. The minimum atomic E-state index is -0.700. The molecular weight excluding hydrogens is 408 g/mol. The standard InChI is InChI=1S/C20H23ClN6O3/c1-3-30-20(29)13(2)23-19(28)11-10-18-25-24-17-9-8-16(26-27(17)18)22-12-14-4-6-15(21)7-5-14/h4-9,13H,3,10-12H2,1-2H3,(H,22,26)(H,23,28)/t13-/m1/s1. The second-order valence-corrected chi connectivity index (χ2v) is 7.06. The maximum absolute atomic E-state index is 12.1. The number of halogens is 1. The molecule has 0 saturated heterocycles. The summed E-state index contributed by atoms with van der Waals surface area (Å²) < 4.78 is 6.49. The fraction of sp³-hybridized carbons (Fsp3) is 0.350. The van der Waals surface area contributed by atoms with Crippen LogP contribution in [0, 0.1) is 0 Å². The summed E-state index contributed by atoms with van der Waals surface area (Å²) >= 11 is 5.91. The van der Waals surface area contributed by atoms with Gasteiger partial charge in [0, 0.05) is 24.4 Å². The molecule has 0 aliphatic heterocycles. The third-order valence-corrected chi connectivity index (χ3v) is 4.56. The number of carbonyl (C=O) groups excluding carboxylic acids is 2. The van der Waals surface area contributed by atoms with Crippen LogP contribution < -0.4 is 10.6 Å². The Morgan fingerprint density at radius 2 is 1.93 bits per heavy atom. The summed E-state index contributed by atoms with van der Waals surface area (Å²) in [6.07, 6.45) is 0.477. The number of hydrogen-bond acceptors (Lipinski definition) is 7. The molecule has 1 aromatic carbocycles. The lowest BCUT2D eigenvalue weighted by Crippen LogP contribution is -2.39. The number of carbonyl (C=O) groups is 2. The monoisotopic (exact) mass is 430 g/mol. The Morgan fingerprint density at radius 1 is 1.17 bits per heavy atom. The molecule has 0 unspecified atom stereocenters. The molecule has 2 N–H and O–H groups in total. The lowest BCUT2D eigenvalue weighted by Gasteiger charge is -2.12. The van der Waals surface area contributed by atoms with Gasteiger partial charge in [0.05, 0.1) is 6.61 Å². The van der Waals surface area contributed by atoms with Gasteiger partial charge in [-0.3, -0.25) is 4.79 Å². The Morgan fingerprint density at radius 3 is 2.67 bits per heavy atom. The number of anilines is 1. The first kappa shape index (κ1) is 21.5. The van der Waals surface area contributed by atoms with Crippen molar-refractivity contribution < 1.29 is 14.3 Å². The van der Waals surface area contributed by atoms with Crippen LogP contribution >= 0.6 is 11.6 Å². The van der Waals surface area contributed by atoms with E-state index in [-0.39, 0.29) is 18.9 Å². The zero-order chi connectivity index (χ0) is 21.5. The number of amides is 1. The molecule has 0 aliphatic carbocycles. The number of nitrogens with zero attached hydrogens (tertiary/aromatic N) is 4. The Hall–Kier alpha value is -3.20. The topological polar surface area (TPSA) is 111 Å². The highest BCUT2D eigenvalue weighted by molar-refractivity contribution is 6.30. The van der Waals surface area contributed by atoms with Crippen molar-refractivity contribution in [3.63, 3.8) is 0 Å². The van der Waals surface area contributed by atoms with Crippen LogP contribution in [0.1, 0.15) is 31.7 Å². The molecule has 9 nitrogen and oxygen atoms in total. The van der Waals surface area contributed by atoms with Crippen LogP contribution in [0.4, 0.5) is 5.82 Å². The van der Waals surface area contributed by atoms with E-state index >= 15 is 0 Å². The van der Waals surface area contributed by atoms with Crippen molar-refractivity contribution in [2.75, 3.05) is 11.9 Å². The molecule has 3 aromatic rings. The molecule has 30 heavy (non-hydrogen) atoms. The normalized spacial score (nSPS) is 11.8. The minimum Gasteiger partial charge on any atom is -0.464 e. The molecule has 1 atom stereocenters. The van der Waals surface area contributed by atoms with Gasteiger partial charge in [-0.2, -0.15) is 4.52 Å². The summed E-state index contributed by atoms with van der Waals surface area (Å²) in [6.45, 7) is 4.16. The van der Waals surface area contributed by atoms with Crippen molar-refractivity contribution in [3.8, 4) is 0 Å². The maximum atomic E-state index is 12.1. The highest BCUT2D eigenvalue weighted by Crippen LogP contribution is 2.12. The summed E-state index contributed by atoms with van der Waals surface area (Å²) in [5, 5.41) is 19.3. The summed E-state index contributed by atoms with van der Waals surface area (Å²) in [6, 6.07) is 10.5. The number of ether oxygens (including phenoxy) is 1. The van der Waals surface area contributed by atoms with Gasteiger partial charge in [-0.15, -0.1) is 15.3 Å². The number of nitrogens with one attached hydrogen (secondary N) is 2. The van der Waals surface area contributed by atoms with Crippen LogP contribution in [0.2, 0.25) is 5.02 Å². The number of aryl methyl sites for hydroxylation is 1. The summed E-state index contributed by atoms with van der Waals surface area (Å²) in [5.41, 5.74) is 1.65. The van der Waals surface area contributed by atoms with Gasteiger partial charge < -0.3 is 15.4 Å². The third kappa shape index (κ3) is 5.66. The van der Waals surface area contributed by atoms with Crippen LogP contribution in [-0.4, -0.2) is 44.3 Å². The van der Waals surface area contributed by atoms with E-state index < -0.39 is 12.0 Å². The lowest BCUT2D eigenvalue weighted by molar-refractivity contribution is -0.146. The zero-order valence-electron chi connectivity index (χ0n) is 16.8. The summed E-state index contributed by atoms with van der Waals surface area (Å²) in [7, 11) is 0. The highest BCUT2D eigenvalue weighted by atomic mass is 35.5. The van der Waals surface area contributed by atoms with Gasteiger partial charge in [0.2, 0.25) is 5.91 Å². The van der Waals surface area contributed by atoms with E-state index in [9.17, 15) is 9.59 Å². The van der Waals surface area contributed by atoms with Crippen LogP contribution in [0.3, 0.4) is 0 Å². The molecule has 0 bridgehead atoms. The van der Waals surface area contributed by atoms with Crippen LogP contribution in [0.25, 0.3) is 5.65 Å². The quantitative estimate of drug-likeness (QED) is 0.501. The fourth-order valence-electron chi connectivity index (χ4n) is 2.74. The first-order chi connectivity index (χ1) is 14.5. The van der Waals surface area contributed by atoms with E-state index in [0.717, 1.165) is 5.56 Å². The van der Waals surface area contributed by atoms with Crippen LogP contribution in [0.5, 0.6) is 0 Å². The summed E-state index contributed by atoms with van der Waals surface area (Å²) in [4.78, 5) is 23.7. The SMILES string of the molecule is CCOC(=O)[C@@H](C)NC(=O)CCc1nnc2ccc(NCc3ccc(Cl)cc3)nn12. The van der Waals surface area contributed by atoms with E-state index in [1.165, 1.54) is 0 Å². The van der Waals surface area contributed by atoms with Crippen molar-refractivity contribution in [1.29, 1.82) is 0 Å². The molecule has 10 heteroatoms. The van der Waals surface area contributed by atoms with Gasteiger partial charge in [-0.1, -0.05) is 23.7 Å². The molecule has 2 heterocycles. The van der Waals surface area contributed by atoms with Gasteiger partial charge in [0.25, 0.3) is 0 Å². The number of esters is 1. The fourth-order valence-corrected chi connectivity index (χ4v) is 2.87. The molecule has 158 valence electrons. The van der Waals surface area contributed by atoms with Crippen molar-refractivity contribution >= 4 is 34.9 Å². The Bertz CT molecular complexity index is 1020. The predicted molar refractivity (Wildman–Crippen MR) is 112 cm³/mol. The first-order valence-corrected chi connectivity index (χ1v) is 9.99. The number of benzene rings is 1. The van der Waals surface area contributed by atoms with E-state index in [0.29, 0.717) is 35.3 Å². The average molecular weight is 431 g/mol. The Labute approximate surface area is 178 Å². The number of rotatable bonds is 9. The molecule has 1 amide bonds.